The van der Waals surface area contributed by atoms with E-state index in [-0.39, 0.29) is 48.6 Å². The molecule has 4 fully saturated rings. The molecular formula is C25H33Cl2N5O. The number of piperidine rings is 2. The van der Waals surface area contributed by atoms with E-state index in [1.807, 2.05) is 4.90 Å². The lowest BCUT2D eigenvalue weighted by Gasteiger charge is -2.49. The fraction of sp³-hybridized carbons (Fsp3) is 0.480. The molecule has 6 rings (SSSR count). The summed E-state index contributed by atoms with van der Waals surface area (Å²) < 4.78 is 0. The molecule has 1 aliphatic carbocycles. The van der Waals surface area contributed by atoms with Gasteiger partial charge in [0.1, 0.15) is 6.17 Å². The lowest BCUT2D eigenvalue weighted by atomic mass is 9.70. The first kappa shape index (κ1) is 24.3. The highest BCUT2D eigenvalue weighted by Crippen LogP contribution is 2.46. The number of carbonyl (C=O) groups excluding carboxylic acids is 1. The first-order valence-electron chi connectivity index (χ1n) is 11.6. The highest BCUT2D eigenvalue weighted by Gasteiger charge is 2.49. The van der Waals surface area contributed by atoms with E-state index in [4.69, 9.17) is 5.73 Å². The number of fused-ring (bicyclic) bond motifs is 3. The molecule has 3 saturated heterocycles. The summed E-state index contributed by atoms with van der Waals surface area (Å²) in [6.07, 6.45) is 5.48. The van der Waals surface area contributed by atoms with Crippen LogP contribution >= 0.6 is 24.8 Å². The fourth-order valence-electron chi connectivity index (χ4n) is 6.21. The van der Waals surface area contributed by atoms with Gasteiger partial charge in [0.05, 0.1) is 0 Å². The van der Waals surface area contributed by atoms with E-state index >= 15 is 0 Å². The van der Waals surface area contributed by atoms with Gasteiger partial charge in [0.25, 0.3) is 0 Å². The SMILES string of the molecule is Cl.Cl.NC1(c2ccc(C3NC4CCN5C(=O)NNC5C4CC3c3ccccc3)cc2)CCC1. The number of hydrogen-bond donors (Lipinski definition) is 4. The number of nitrogens with one attached hydrogen (secondary N) is 3. The van der Waals surface area contributed by atoms with Gasteiger partial charge in [-0.25, -0.2) is 10.2 Å². The Bertz CT molecular complexity index is 969. The Morgan fingerprint density at radius 2 is 1.70 bits per heavy atom. The van der Waals surface area contributed by atoms with Gasteiger partial charge in [-0.3, -0.25) is 5.43 Å². The third-order valence-electron chi connectivity index (χ3n) is 8.17. The quantitative estimate of drug-likeness (QED) is 0.526. The Balaban J connectivity index is 0.00000130. The molecule has 2 aromatic carbocycles. The molecule has 2 amide bonds. The number of hydrazine groups is 1. The van der Waals surface area contributed by atoms with Crippen molar-refractivity contribution in [2.75, 3.05) is 6.54 Å². The van der Waals surface area contributed by atoms with Gasteiger partial charge in [0.2, 0.25) is 0 Å². The predicted molar refractivity (Wildman–Crippen MR) is 134 cm³/mol. The Hall–Kier alpha value is -1.83. The first-order chi connectivity index (χ1) is 15.1. The summed E-state index contributed by atoms with van der Waals surface area (Å²) in [6, 6.07) is 20.5. The van der Waals surface area contributed by atoms with Gasteiger partial charge in [-0.2, -0.15) is 0 Å². The molecule has 3 heterocycles. The largest absolute Gasteiger partial charge is 0.333 e. The minimum atomic E-state index is -0.122. The van der Waals surface area contributed by atoms with E-state index in [2.05, 4.69) is 70.8 Å². The zero-order valence-electron chi connectivity index (χ0n) is 18.6. The van der Waals surface area contributed by atoms with Crippen molar-refractivity contribution in [3.63, 3.8) is 0 Å². The van der Waals surface area contributed by atoms with E-state index < -0.39 is 0 Å². The second-order valence-corrected chi connectivity index (χ2v) is 9.80. The molecule has 3 aliphatic heterocycles. The van der Waals surface area contributed by atoms with Gasteiger partial charge < -0.3 is 16.0 Å². The van der Waals surface area contributed by atoms with Crippen LogP contribution in [-0.2, 0) is 5.54 Å². The fourth-order valence-corrected chi connectivity index (χ4v) is 6.21. The van der Waals surface area contributed by atoms with Crippen molar-refractivity contribution in [3.05, 3.63) is 71.3 Å². The van der Waals surface area contributed by atoms with Crippen LogP contribution in [0.4, 0.5) is 4.79 Å². The van der Waals surface area contributed by atoms with Crippen LogP contribution in [-0.4, -0.2) is 29.7 Å². The Morgan fingerprint density at radius 3 is 2.36 bits per heavy atom. The summed E-state index contributed by atoms with van der Waals surface area (Å²) in [5.41, 5.74) is 16.4. The topological polar surface area (TPSA) is 82.4 Å². The number of urea groups is 1. The number of amides is 2. The number of benzene rings is 2. The van der Waals surface area contributed by atoms with Gasteiger partial charge in [-0.1, -0.05) is 54.6 Å². The number of rotatable bonds is 3. The molecule has 6 nitrogen and oxygen atoms in total. The van der Waals surface area contributed by atoms with Gasteiger partial charge in [0.15, 0.2) is 0 Å². The third kappa shape index (κ3) is 4.13. The van der Waals surface area contributed by atoms with Crippen molar-refractivity contribution in [1.82, 2.24) is 21.1 Å². The highest BCUT2D eigenvalue weighted by atomic mass is 35.5. The minimum absolute atomic E-state index is 0. The van der Waals surface area contributed by atoms with Crippen LogP contribution in [0.2, 0.25) is 0 Å². The van der Waals surface area contributed by atoms with E-state index in [0.29, 0.717) is 17.9 Å². The summed E-state index contributed by atoms with van der Waals surface area (Å²) in [4.78, 5) is 14.1. The number of nitrogens with zero attached hydrogens (tertiary/aromatic N) is 1. The lowest BCUT2D eigenvalue weighted by Crippen LogP contribution is -2.60. The van der Waals surface area contributed by atoms with Crippen LogP contribution in [0, 0.1) is 5.92 Å². The van der Waals surface area contributed by atoms with Gasteiger partial charge >= 0.3 is 6.03 Å². The molecule has 0 aromatic heterocycles. The molecule has 178 valence electrons. The van der Waals surface area contributed by atoms with Crippen molar-refractivity contribution >= 4 is 30.8 Å². The monoisotopic (exact) mass is 489 g/mol. The zero-order chi connectivity index (χ0) is 21.0. The van der Waals surface area contributed by atoms with Crippen LogP contribution < -0.4 is 21.9 Å². The molecular weight excluding hydrogens is 457 g/mol. The van der Waals surface area contributed by atoms with Crippen molar-refractivity contribution in [2.24, 2.45) is 11.7 Å². The molecule has 0 bridgehead atoms. The Kier molecular flexibility index (Phi) is 6.95. The molecule has 5 unspecified atom stereocenters. The summed E-state index contributed by atoms with van der Waals surface area (Å²) in [5, 5.41) is 4.00. The van der Waals surface area contributed by atoms with Gasteiger partial charge in [0, 0.05) is 36.0 Å². The number of carbonyl (C=O) groups is 1. The van der Waals surface area contributed by atoms with Crippen molar-refractivity contribution < 1.29 is 4.79 Å². The predicted octanol–water partition coefficient (Wildman–Crippen LogP) is 3.93. The van der Waals surface area contributed by atoms with Crippen LogP contribution in [0.1, 0.15) is 60.8 Å². The Labute approximate surface area is 207 Å². The molecule has 0 spiro atoms. The summed E-state index contributed by atoms with van der Waals surface area (Å²) in [7, 11) is 0. The maximum atomic E-state index is 12.2. The average molecular weight is 490 g/mol. The first-order valence-corrected chi connectivity index (χ1v) is 11.6. The maximum absolute atomic E-state index is 12.2. The van der Waals surface area contributed by atoms with Crippen molar-refractivity contribution in [1.29, 1.82) is 0 Å². The standard InChI is InChI=1S/C25H31N5O.2ClH/c26-25(12-4-13-25)18-9-7-17(8-10-18)22-19(16-5-2-1-3-6-16)15-20-21(27-22)11-14-30-23(20)28-29-24(30)31;;/h1-3,5-10,19-23,27-28H,4,11-15,26H2,(H,29,31);2*1H. The minimum Gasteiger partial charge on any atom is -0.321 e. The molecule has 2 aromatic rings. The molecule has 33 heavy (non-hydrogen) atoms. The van der Waals surface area contributed by atoms with Crippen LogP contribution in [0.25, 0.3) is 0 Å². The Morgan fingerprint density at radius 1 is 0.970 bits per heavy atom. The van der Waals surface area contributed by atoms with Gasteiger partial charge in [-0.05, 0) is 48.8 Å². The van der Waals surface area contributed by atoms with E-state index in [1.54, 1.807) is 0 Å². The van der Waals surface area contributed by atoms with Gasteiger partial charge in [-0.15, -0.1) is 24.8 Å². The van der Waals surface area contributed by atoms with Crippen LogP contribution in [0.15, 0.2) is 54.6 Å². The number of hydrogen-bond acceptors (Lipinski definition) is 4. The number of halogens is 2. The zero-order valence-corrected chi connectivity index (χ0v) is 20.2. The number of nitrogens with two attached hydrogens (primary N) is 1. The molecule has 1 saturated carbocycles. The second kappa shape index (κ2) is 9.43. The maximum Gasteiger partial charge on any atom is 0.333 e. The normalized spacial score (nSPS) is 31.7. The molecule has 4 aliphatic rings. The molecule has 5 N–H and O–H groups in total. The van der Waals surface area contributed by atoms with E-state index in [9.17, 15) is 4.79 Å². The molecule has 8 heteroatoms. The van der Waals surface area contributed by atoms with Crippen molar-refractivity contribution in [2.45, 2.75) is 61.8 Å². The second-order valence-electron chi connectivity index (χ2n) is 9.80. The smallest absolute Gasteiger partial charge is 0.321 e. The third-order valence-corrected chi connectivity index (χ3v) is 8.17. The summed E-state index contributed by atoms with van der Waals surface area (Å²) >= 11 is 0. The molecule has 5 atom stereocenters. The van der Waals surface area contributed by atoms with Crippen molar-refractivity contribution in [3.8, 4) is 0 Å². The average Bonchev–Trinajstić information content (AvgIpc) is 3.18. The van der Waals surface area contributed by atoms with Crippen LogP contribution in [0.3, 0.4) is 0 Å². The summed E-state index contributed by atoms with van der Waals surface area (Å²) in [6.45, 7) is 0.787. The summed E-state index contributed by atoms with van der Waals surface area (Å²) in [5.74, 6) is 0.719. The van der Waals surface area contributed by atoms with E-state index in [0.717, 1.165) is 32.2 Å². The van der Waals surface area contributed by atoms with Crippen LogP contribution in [0.5, 0.6) is 0 Å². The molecule has 0 radical (unpaired) electrons. The highest BCUT2D eigenvalue weighted by molar-refractivity contribution is 5.85. The lowest BCUT2D eigenvalue weighted by molar-refractivity contribution is 0.0569. The van der Waals surface area contributed by atoms with E-state index in [1.165, 1.54) is 23.1 Å².